The van der Waals surface area contributed by atoms with Gasteiger partial charge in [-0.3, -0.25) is 24.5 Å². The molecule has 0 fully saturated rings. The Bertz CT molecular complexity index is 1050. The highest BCUT2D eigenvalue weighted by Crippen LogP contribution is 2.51. The van der Waals surface area contributed by atoms with Gasteiger partial charge in [-0.25, -0.2) is 0 Å². The monoisotopic (exact) mass is 454 g/mol. The SMILES string of the molecule is CCOC(=O)[C@H]1[C@@H](c2cc([N+](=O)[O-])ccc2O)c2sc(=O)[nH]c2S[C@H]1C(=O)OCC. The highest BCUT2D eigenvalue weighted by Gasteiger charge is 2.50. The molecule has 1 aliphatic heterocycles. The van der Waals surface area contributed by atoms with Gasteiger partial charge >= 0.3 is 16.8 Å². The van der Waals surface area contributed by atoms with Crippen molar-refractivity contribution >= 4 is 40.7 Å². The number of non-ortho nitro benzene ring substituents is 1. The Balaban J connectivity index is 2.25. The van der Waals surface area contributed by atoms with Gasteiger partial charge in [0.25, 0.3) is 5.69 Å². The third-order valence-electron chi connectivity index (χ3n) is 4.49. The average molecular weight is 454 g/mol. The topological polar surface area (TPSA) is 149 Å². The van der Waals surface area contributed by atoms with E-state index < -0.39 is 38.8 Å². The van der Waals surface area contributed by atoms with Crippen molar-refractivity contribution in [2.75, 3.05) is 13.2 Å². The molecule has 0 saturated carbocycles. The van der Waals surface area contributed by atoms with Crippen LogP contribution in [0.25, 0.3) is 0 Å². The largest absolute Gasteiger partial charge is 0.508 e. The zero-order valence-electron chi connectivity index (χ0n) is 15.9. The fourth-order valence-corrected chi connectivity index (χ4v) is 5.77. The van der Waals surface area contributed by atoms with E-state index in [-0.39, 0.29) is 30.2 Å². The molecule has 10 nitrogen and oxygen atoms in total. The molecular formula is C18H18N2O8S2. The summed E-state index contributed by atoms with van der Waals surface area (Å²) in [5.41, 5.74) is -0.255. The quantitative estimate of drug-likeness (QED) is 0.381. The Labute approximate surface area is 178 Å². The summed E-state index contributed by atoms with van der Waals surface area (Å²) in [6, 6.07) is 3.41. The number of aromatic amines is 1. The van der Waals surface area contributed by atoms with Gasteiger partial charge in [-0.1, -0.05) is 23.1 Å². The number of benzene rings is 1. The minimum absolute atomic E-state index is 0.0411. The minimum atomic E-state index is -1.17. The third-order valence-corrected chi connectivity index (χ3v) is 6.88. The van der Waals surface area contributed by atoms with Crippen molar-refractivity contribution in [3.05, 3.63) is 48.4 Å². The molecule has 0 unspecified atom stereocenters. The number of thiazole rings is 1. The lowest BCUT2D eigenvalue weighted by atomic mass is 9.81. The number of esters is 2. The maximum Gasteiger partial charge on any atom is 0.320 e. The summed E-state index contributed by atoms with van der Waals surface area (Å²) in [7, 11) is 0. The van der Waals surface area contributed by atoms with Gasteiger partial charge in [-0.05, 0) is 19.9 Å². The molecule has 2 heterocycles. The number of aromatic hydroxyl groups is 1. The van der Waals surface area contributed by atoms with Crippen molar-refractivity contribution in [2.24, 2.45) is 5.92 Å². The lowest BCUT2D eigenvalue weighted by Gasteiger charge is -2.34. The second-order valence-electron chi connectivity index (χ2n) is 6.25. The highest BCUT2D eigenvalue weighted by atomic mass is 32.2. The van der Waals surface area contributed by atoms with Crippen LogP contribution in [0.4, 0.5) is 5.69 Å². The van der Waals surface area contributed by atoms with Gasteiger partial charge < -0.3 is 19.6 Å². The second-order valence-corrected chi connectivity index (χ2v) is 8.42. The number of hydrogen-bond donors (Lipinski definition) is 2. The Morgan fingerprint density at radius 1 is 1.23 bits per heavy atom. The Kier molecular flexibility index (Phi) is 6.46. The summed E-state index contributed by atoms with van der Waals surface area (Å²) in [6.07, 6.45) is 0. The van der Waals surface area contributed by atoms with Crippen molar-refractivity contribution in [1.29, 1.82) is 0 Å². The summed E-state index contributed by atoms with van der Waals surface area (Å²) in [5.74, 6) is -3.90. The number of fused-ring (bicyclic) bond motifs is 1. The van der Waals surface area contributed by atoms with Gasteiger partial charge in [-0.2, -0.15) is 0 Å². The Morgan fingerprint density at radius 3 is 2.53 bits per heavy atom. The van der Waals surface area contributed by atoms with Crippen LogP contribution < -0.4 is 4.87 Å². The zero-order valence-corrected chi connectivity index (χ0v) is 17.6. The number of nitrogens with one attached hydrogen (secondary N) is 1. The normalized spacial score (nSPS) is 20.3. The first kappa shape index (κ1) is 21.8. The maximum absolute atomic E-state index is 12.9. The van der Waals surface area contributed by atoms with Crippen LogP contribution >= 0.6 is 23.1 Å². The number of phenolic OH excluding ortho intramolecular Hbond substituents is 1. The standard InChI is InChI=1S/C18H18N2O8S2/c1-3-27-16(22)12-11(9-7-8(20(25)26)5-6-10(9)21)13-15(19-18(24)30-13)29-14(12)17(23)28-4-2/h5-7,11-12,14,21H,3-4H2,1-2H3,(H,19,24)/t11-,12+,14-/m1/s1. The molecule has 0 radical (unpaired) electrons. The van der Waals surface area contributed by atoms with Crippen LogP contribution in [0.3, 0.4) is 0 Å². The van der Waals surface area contributed by atoms with E-state index in [4.69, 9.17) is 9.47 Å². The molecule has 0 spiro atoms. The average Bonchev–Trinajstić information content (AvgIpc) is 3.07. The van der Waals surface area contributed by atoms with E-state index in [2.05, 4.69) is 4.98 Å². The van der Waals surface area contributed by atoms with Gasteiger partial charge in [0.05, 0.1) is 29.1 Å². The van der Waals surface area contributed by atoms with E-state index in [1.807, 2.05) is 0 Å². The first-order valence-corrected chi connectivity index (χ1v) is 10.7. The molecule has 3 atom stereocenters. The molecule has 2 aromatic rings. The van der Waals surface area contributed by atoms with E-state index in [1.54, 1.807) is 13.8 Å². The zero-order chi connectivity index (χ0) is 22.0. The molecule has 0 bridgehead atoms. The van der Waals surface area contributed by atoms with Crippen molar-refractivity contribution in [3.63, 3.8) is 0 Å². The molecule has 30 heavy (non-hydrogen) atoms. The summed E-state index contributed by atoms with van der Waals surface area (Å²) in [6.45, 7) is 3.34. The number of carbonyl (C=O) groups is 2. The predicted octanol–water partition coefficient (Wildman–Crippen LogP) is 2.40. The molecule has 1 aromatic heterocycles. The number of H-pyrrole nitrogens is 1. The van der Waals surface area contributed by atoms with Crippen LogP contribution in [0.2, 0.25) is 0 Å². The van der Waals surface area contributed by atoms with Crippen LogP contribution in [0, 0.1) is 16.0 Å². The number of ether oxygens (including phenoxy) is 2. The summed E-state index contributed by atoms with van der Waals surface area (Å²) >= 11 is 1.78. The molecule has 0 aliphatic carbocycles. The maximum atomic E-state index is 12.9. The van der Waals surface area contributed by atoms with Gasteiger partial charge in [0.15, 0.2) is 0 Å². The lowest BCUT2D eigenvalue weighted by molar-refractivity contribution is -0.385. The van der Waals surface area contributed by atoms with Gasteiger partial charge in [0, 0.05) is 28.5 Å². The van der Waals surface area contributed by atoms with E-state index in [0.29, 0.717) is 9.90 Å². The highest BCUT2D eigenvalue weighted by molar-refractivity contribution is 8.00. The Hall–Kier alpha value is -2.86. The van der Waals surface area contributed by atoms with Crippen LogP contribution in [0.1, 0.15) is 30.2 Å². The number of nitro groups is 1. The first-order chi connectivity index (χ1) is 14.3. The first-order valence-electron chi connectivity index (χ1n) is 8.98. The molecule has 0 saturated heterocycles. The molecule has 12 heteroatoms. The molecule has 3 rings (SSSR count). The minimum Gasteiger partial charge on any atom is -0.508 e. The van der Waals surface area contributed by atoms with Crippen molar-refractivity contribution in [3.8, 4) is 5.75 Å². The van der Waals surface area contributed by atoms with E-state index in [9.17, 15) is 29.6 Å². The number of phenols is 1. The number of hydrogen-bond acceptors (Lipinski definition) is 10. The number of carbonyl (C=O) groups excluding carboxylic acids is 2. The van der Waals surface area contributed by atoms with Crippen LogP contribution in [0.5, 0.6) is 5.75 Å². The van der Waals surface area contributed by atoms with Crippen LogP contribution in [0.15, 0.2) is 28.0 Å². The fraction of sp³-hybridized carbons (Fsp3) is 0.389. The van der Waals surface area contributed by atoms with E-state index in [1.165, 1.54) is 0 Å². The van der Waals surface area contributed by atoms with Gasteiger partial charge in [0.1, 0.15) is 11.0 Å². The van der Waals surface area contributed by atoms with Gasteiger partial charge in [0.2, 0.25) is 0 Å². The van der Waals surface area contributed by atoms with Crippen molar-refractivity contribution in [2.45, 2.75) is 30.0 Å². The van der Waals surface area contributed by atoms with Gasteiger partial charge in [-0.15, -0.1) is 0 Å². The number of nitrogens with zero attached hydrogens (tertiary/aromatic N) is 1. The number of aromatic nitrogens is 1. The number of nitro benzene ring substituents is 1. The molecule has 2 N–H and O–H groups in total. The molecule has 160 valence electrons. The van der Waals surface area contributed by atoms with Crippen molar-refractivity contribution in [1.82, 2.24) is 4.98 Å². The van der Waals surface area contributed by atoms with Crippen molar-refractivity contribution < 1.29 is 29.1 Å². The number of thioether (sulfide) groups is 1. The molecule has 1 aliphatic rings. The molecule has 0 amide bonds. The molecular weight excluding hydrogens is 436 g/mol. The Morgan fingerprint density at radius 2 is 1.90 bits per heavy atom. The number of rotatable bonds is 6. The second kappa shape index (κ2) is 8.88. The third kappa shape index (κ3) is 4.05. The van der Waals surface area contributed by atoms with E-state index in [0.717, 1.165) is 41.3 Å². The fourth-order valence-electron chi connectivity index (χ4n) is 3.31. The van der Waals surface area contributed by atoms with Crippen LogP contribution in [-0.4, -0.2) is 45.4 Å². The smallest absolute Gasteiger partial charge is 0.320 e. The summed E-state index contributed by atoms with van der Waals surface area (Å²) in [4.78, 5) is 50.8. The summed E-state index contributed by atoms with van der Waals surface area (Å²) < 4.78 is 10.3. The predicted molar refractivity (Wildman–Crippen MR) is 108 cm³/mol. The lowest BCUT2D eigenvalue weighted by Crippen LogP contribution is -2.41. The molecule has 1 aromatic carbocycles. The summed E-state index contributed by atoms with van der Waals surface area (Å²) in [5, 5.41) is 21.0. The van der Waals surface area contributed by atoms with E-state index >= 15 is 0 Å². The van der Waals surface area contributed by atoms with Crippen LogP contribution in [-0.2, 0) is 19.1 Å².